The van der Waals surface area contributed by atoms with Crippen molar-refractivity contribution in [3.05, 3.63) is 23.8 Å². The van der Waals surface area contributed by atoms with Gasteiger partial charge in [0.15, 0.2) is 0 Å². The Balaban J connectivity index is 1.52. The molecule has 2 fully saturated rings. The quantitative estimate of drug-likeness (QED) is 0.715. The molecule has 1 saturated heterocycles. The molecule has 3 N–H and O–H groups in total. The lowest BCUT2D eigenvalue weighted by Crippen LogP contribution is -2.46. The number of aliphatic hydroxyl groups excluding tert-OH is 1. The Labute approximate surface area is 151 Å². The normalized spacial score (nSPS) is 29.4. The van der Waals surface area contributed by atoms with Crippen LogP contribution in [0.1, 0.15) is 43.6 Å². The second-order valence-corrected chi connectivity index (χ2v) is 7.45. The van der Waals surface area contributed by atoms with E-state index < -0.39 is 18.2 Å². The average molecular weight is 361 g/mol. The topological polar surface area (TPSA) is 105 Å². The summed E-state index contributed by atoms with van der Waals surface area (Å²) in [4.78, 5) is 23.1. The number of anilines is 1. The van der Waals surface area contributed by atoms with Crippen molar-refractivity contribution in [3.63, 3.8) is 0 Å². The molecule has 3 aliphatic rings. The summed E-state index contributed by atoms with van der Waals surface area (Å²) >= 11 is 0. The molecule has 4 rings (SSSR count). The van der Waals surface area contributed by atoms with Crippen LogP contribution in [0, 0.1) is 5.92 Å². The maximum atomic E-state index is 12.1. The number of fused-ring (bicyclic) bond motifs is 3. The molecular weight excluding hydrogens is 338 g/mol. The van der Waals surface area contributed by atoms with Crippen molar-refractivity contribution in [3.8, 4) is 5.75 Å². The number of amides is 1. The van der Waals surface area contributed by atoms with E-state index in [1.807, 2.05) is 18.2 Å². The molecule has 7 nitrogen and oxygen atoms in total. The lowest BCUT2D eigenvalue weighted by molar-refractivity contribution is -0.153. The summed E-state index contributed by atoms with van der Waals surface area (Å²) in [5.41, 5.74) is 1.66. The van der Waals surface area contributed by atoms with Crippen LogP contribution >= 0.6 is 0 Å². The van der Waals surface area contributed by atoms with E-state index in [2.05, 4.69) is 5.32 Å². The molecule has 0 unspecified atom stereocenters. The molecule has 2 heterocycles. The number of aliphatic carboxylic acids is 1. The highest BCUT2D eigenvalue weighted by Crippen LogP contribution is 2.47. The first-order valence-corrected chi connectivity index (χ1v) is 9.12. The van der Waals surface area contributed by atoms with Gasteiger partial charge in [-0.1, -0.05) is 0 Å². The van der Waals surface area contributed by atoms with Crippen molar-refractivity contribution in [1.29, 1.82) is 0 Å². The maximum absolute atomic E-state index is 12.1. The van der Waals surface area contributed by atoms with Crippen LogP contribution in [0.5, 0.6) is 5.75 Å². The summed E-state index contributed by atoms with van der Waals surface area (Å²) in [7, 11) is 0. The van der Waals surface area contributed by atoms with Crippen molar-refractivity contribution < 1.29 is 29.3 Å². The first kappa shape index (κ1) is 17.3. The van der Waals surface area contributed by atoms with E-state index in [1.54, 1.807) is 0 Å². The lowest BCUT2D eigenvalue weighted by atomic mass is 9.84. The van der Waals surface area contributed by atoms with Crippen LogP contribution in [-0.2, 0) is 14.3 Å². The van der Waals surface area contributed by atoms with Crippen LogP contribution in [0.15, 0.2) is 18.2 Å². The van der Waals surface area contributed by atoms with Gasteiger partial charge in [-0.15, -0.1) is 0 Å². The predicted molar refractivity (Wildman–Crippen MR) is 92.2 cm³/mol. The number of aliphatic hydroxyl groups is 1. The summed E-state index contributed by atoms with van der Waals surface area (Å²) in [5, 5.41) is 21.6. The monoisotopic (exact) mass is 361 g/mol. The van der Waals surface area contributed by atoms with E-state index in [1.165, 1.54) is 0 Å². The largest absolute Gasteiger partial charge is 0.487 e. The Morgan fingerprint density at radius 3 is 2.73 bits per heavy atom. The number of hydrogen-bond donors (Lipinski definition) is 3. The Kier molecular flexibility index (Phi) is 4.58. The Bertz CT molecular complexity index is 716. The molecule has 0 bridgehead atoms. The third-order valence-electron chi connectivity index (χ3n) is 5.36. The molecule has 0 aromatic heterocycles. The van der Waals surface area contributed by atoms with Gasteiger partial charge in [-0.25, -0.2) is 0 Å². The molecule has 1 saturated carbocycles. The third kappa shape index (κ3) is 3.54. The molecular formula is C19H23NO6. The fraction of sp³-hybridized carbons (Fsp3) is 0.579. The minimum absolute atomic E-state index is 0.0203. The van der Waals surface area contributed by atoms with Gasteiger partial charge in [0, 0.05) is 23.6 Å². The van der Waals surface area contributed by atoms with Gasteiger partial charge in [-0.3, -0.25) is 9.59 Å². The van der Waals surface area contributed by atoms with Gasteiger partial charge in [0.25, 0.3) is 0 Å². The Hall–Kier alpha value is -2.12. The number of nitrogens with one attached hydrogen (secondary N) is 1. The molecule has 1 aliphatic carbocycles. The summed E-state index contributed by atoms with van der Waals surface area (Å²) in [6, 6.07) is 5.54. The summed E-state index contributed by atoms with van der Waals surface area (Å²) < 4.78 is 11.7. The molecule has 0 radical (unpaired) electrons. The SMILES string of the molecule is O=C(O)C[C@H]1C[C@H]2c3cc(NC(=O)CC4CC4)ccc3O[C@H]2[C@H](CO)O1. The molecule has 1 aromatic carbocycles. The van der Waals surface area contributed by atoms with Gasteiger partial charge >= 0.3 is 5.97 Å². The smallest absolute Gasteiger partial charge is 0.305 e. The highest BCUT2D eigenvalue weighted by atomic mass is 16.6. The standard InChI is InChI=1S/C19H23NO6/c21-9-16-19-14(7-12(25-16)8-18(23)24)13-6-11(3-4-15(13)26-19)20-17(22)5-10-1-2-10/h3-4,6,10,12,14,16,19,21H,1-2,5,7-9H2,(H,20,22)(H,23,24)/t12-,14+,16+,19-/m1/s1. The summed E-state index contributed by atoms with van der Waals surface area (Å²) in [5.74, 6) is 0.269. The molecule has 1 aromatic rings. The van der Waals surface area contributed by atoms with Crippen molar-refractivity contribution in [1.82, 2.24) is 0 Å². The summed E-state index contributed by atoms with van der Waals surface area (Å²) in [6.45, 7) is -0.226. The minimum atomic E-state index is -0.926. The first-order chi connectivity index (χ1) is 12.5. The Morgan fingerprint density at radius 2 is 2.04 bits per heavy atom. The van der Waals surface area contributed by atoms with Gasteiger partial charge in [0.05, 0.1) is 19.1 Å². The number of carboxylic acid groups (broad SMARTS) is 1. The van der Waals surface area contributed by atoms with Gasteiger partial charge in [-0.05, 0) is 43.4 Å². The van der Waals surface area contributed by atoms with Gasteiger partial charge in [0.1, 0.15) is 18.0 Å². The molecule has 7 heteroatoms. The van der Waals surface area contributed by atoms with Crippen molar-refractivity contribution in [2.24, 2.45) is 5.92 Å². The van der Waals surface area contributed by atoms with Gasteiger partial charge < -0.3 is 25.0 Å². The number of carboxylic acids is 1. The van der Waals surface area contributed by atoms with Crippen molar-refractivity contribution >= 4 is 17.6 Å². The molecule has 0 spiro atoms. The molecule has 4 atom stereocenters. The van der Waals surface area contributed by atoms with Crippen LogP contribution in [0.4, 0.5) is 5.69 Å². The van der Waals surface area contributed by atoms with Crippen LogP contribution < -0.4 is 10.1 Å². The van der Waals surface area contributed by atoms with Crippen LogP contribution in [0.2, 0.25) is 0 Å². The Morgan fingerprint density at radius 1 is 1.23 bits per heavy atom. The van der Waals surface area contributed by atoms with E-state index in [4.69, 9.17) is 14.6 Å². The molecule has 26 heavy (non-hydrogen) atoms. The van der Waals surface area contributed by atoms with E-state index >= 15 is 0 Å². The average Bonchev–Trinajstić information content (AvgIpc) is 3.33. The number of rotatable bonds is 6. The maximum Gasteiger partial charge on any atom is 0.305 e. The van der Waals surface area contributed by atoms with E-state index in [-0.39, 0.29) is 31.0 Å². The number of ether oxygens (including phenoxy) is 2. The van der Waals surface area contributed by atoms with Crippen molar-refractivity contribution in [2.75, 3.05) is 11.9 Å². The van der Waals surface area contributed by atoms with Crippen molar-refractivity contribution in [2.45, 2.75) is 56.3 Å². The summed E-state index contributed by atoms with van der Waals surface area (Å²) in [6.07, 6.45) is 1.86. The number of carbonyl (C=O) groups is 2. The molecule has 1 amide bonds. The fourth-order valence-corrected chi connectivity index (χ4v) is 3.96. The number of benzene rings is 1. The van der Waals surface area contributed by atoms with Gasteiger partial charge in [-0.2, -0.15) is 0 Å². The second-order valence-electron chi connectivity index (χ2n) is 7.45. The fourth-order valence-electron chi connectivity index (χ4n) is 3.96. The van der Waals surface area contributed by atoms with Gasteiger partial charge in [0.2, 0.25) is 5.91 Å². The zero-order valence-electron chi connectivity index (χ0n) is 14.4. The van der Waals surface area contributed by atoms with Crippen LogP contribution in [-0.4, -0.2) is 47.0 Å². The van der Waals surface area contributed by atoms with Crippen LogP contribution in [0.3, 0.4) is 0 Å². The molecule has 2 aliphatic heterocycles. The molecule has 140 valence electrons. The number of hydrogen-bond acceptors (Lipinski definition) is 5. The first-order valence-electron chi connectivity index (χ1n) is 9.12. The zero-order valence-corrected chi connectivity index (χ0v) is 14.4. The highest BCUT2D eigenvalue weighted by molar-refractivity contribution is 5.91. The van der Waals surface area contributed by atoms with Crippen LogP contribution in [0.25, 0.3) is 0 Å². The minimum Gasteiger partial charge on any atom is -0.487 e. The van der Waals surface area contributed by atoms with E-state index in [0.717, 1.165) is 24.1 Å². The highest BCUT2D eigenvalue weighted by Gasteiger charge is 2.46. The van der Waals surface area contributed by atoms with E-state index in [0.29, 0.717) is 24.5 Å². The lowest BCUT2D eigenvalue weighted by Gasteiger charge is -2.36. The zero-order chi connectivity index (χ0) is 18.3. The third-order valence-corrected chi connectivity index (χ3v) is 5.36. The van der Waals surface area contributed by atoms with E-state index in [9.17, 15) is 14.7 Å². The number of carbonyl (C=O) groups excluding carboxylic acids is 1. The predicted octanol–water partition coefficient (Wildman–Crippen LogP) is 1.89. The second kappa shape index (κ2) is 6.89.